The molecule has 1 atom stereocenters. The number of nitrogens with one attached hydrogen (secondary N) is 2. The van der Waals surface area contributed by atoms with E-state index >= 15 is 0 Å². The van der Waals surface area contributed by atoms with Crippen LogP contribution in [0.3, 0.4) is 0 Å². The van der Waals surface area contributed by atoms with Crippen molar-refractivity contribution in [1.29, 1.82) is 0 Å². The number of nitro benzene ring substituents is 1. The topological polar surface area (TPSA) is 111 Å². The Kier molecular flexibility index (Phi) is 6.09. The fourth-order valence-electron chi connectivity index (χ4n) is 1.63. The van der Waals surface area contributed by atoms with E-state index in [-0.39, 0.29) is 16.9 Å². The highest BCUT2D eigenvalue weighted by atomic mass is 19.4. The summed E-state index contributed by atoms with van der Waals surface area (Å²) in [5.74, 6) is -2.21. The molecule has 0 spiro atoms. The molecule has 0 saturated carbocycles. The first kappa shape index (κ1) is 19.2. The second kappa shape index (κ2) is 7.62. The molecule has 0 saturated heterocycles. The Labute approximate surface area is 134 Å². The standard InChI is InChI=1S/C13H14F3N3O5/c1-7(11(20)18-6-13(14,15)16)24-12(21)8-3-4-9(17-2)10(5-8)19(22)23/h3-5,7,17H,6H2,1-2H3,(H,18,20)/t7-/m0/s1. The first-order valence-corrected chi connectivity index (χ1v) is 6.56. The number of nitro groups is 1. The lowest BCUT2D eigenvalue weighted by atomic mass is 10.1. The molecule has 1 aromatic carbocycles. The number of anilines is 1. The van der Waals surface area contributed by atoms with Crippen LogP contribution in [0.25, 0.3) is 0 Å². The first-order chi connectivity index (χ1) is 11.0. The first-order valence-electron chi connectivity index (χ1n) is 6.56. The molecule has 0 unspecified atom stereocenters. The predicted octanol–water partition coefficient (Wildman–Crippen LogP) is 1.86. The van der Waals surface area contributed by atoms with Crippen LogP contribution in [0.2, 0.25) is 0 Å². The molecule has 0 radical (unpaired) electrons. The lowest BCUT2D eigenvalue weighted by Crippen LogP contribution is -2.40. The zero-order chi connectivity index (χ0) is 18.5. The zero-order valence-electron chi connectivity index (χ0n) is 12.6. The second-order valence-corrected chi connectivity index (χ2v) is 4.62. The van der Waals surface area contributed by atoms with E-state index in [2.05, 4.69) is 5.32 Å². The Bertz CT molecular complexity index is 648. The maximum Gasteiger partial charge on any atom is 0.405 e. The Morgan fingerprint density at radius 3 is 2.50 bits per heavy atom. The second-order valence-electron chi connectivity index (χ2n) is 4.62. The third kappa shape index (κ3) is 5.41. The van der Waals surface area contributed by atoms with Gasteiger partial charge in [0, 0.05) is 13.1 Å². The van der Waals surface area contributed by atoms with Gasteiger partial charge in [0.2, 0.25) is 0 Å². The van der Waals surface area contributed by atoms with E-state index in [1.54, 1.807) is 5.32 Å². The van der Waals surface area contributed by atoms with Crippen molar-refractivity contribution in [3.63, 3.8) is 0 Å². The van der Waals surface area contributed by atoms with Gasteiger partial charge < -0.3 is 15.4 Å². The number of ether oxygens (including phenoxy) is 1. The largest absolute Gasteiger partial charge is 0.449 e. The summed E-state index contributed by atoms with van der Waals surface area (Å²) < 4.78 is 40.7. The van der Waals surface area contributed by atoms with Gasteiger partial charge in [0.25, 0.3) is 11.6 Å². The van der Waals surface area contributed by atoms with Crippen molar-refractivity contribution < 1.29 is 32.4 Å². The lowest BCUT2D eigenvalue weighted by molar-refractivity contribution is -0.384. The van der Waals surface area contributed by atoms with Crippen molar-refractivity contribution in [2.24, 2.45) is 0 Å². The number of benzene rings is 1. The summed E-state index contributed by atoms with van der Waals surface area (Å²) in [4.78, 5) is 33.5. The Hall–Kier alpha value is -2.85. The van der Waals surface area contributed by atoms with Gasteiger partial charge in [0.05, 0.1) is 10.5 Å². The van der Waals surface area contributed by atoms with Crippen LogP contribution in [-0.2, 0) is 9.53 Å². The Morgan fingerprint density at radius 1 is 1.38 bits per heavy atom. The molecule has 2 N–H and O–H groups in total. The molecule has 0 fully saturated rings. The molecule has 0 aromatic heterocycles. The van der Waals surface area contributed by atoms with Crippen molar-refractivity contribution in [1.82, 2.24) is 5.32 Å². The van der Waals surface area contributed by atoms with E-state index < -0.39 is 35.6 Å². The highest BCUT2D eigenvalue weighted by Crippen LogP contribution is 2.25. The summed E-state index contributed by atoms with van der Waals surface area (Å²) in [6, 6.07) is 3.43. The number of alkyl halides is 3. The van der Waals surface area contributed by atoms with Gasteiger partial charge in [0.15, 0.2) is 6.10 Å². The summed E-state index contributed by atoms with van der Waals surface area (Å²) >= 11 is 0. The molecular weight excluding hydrogens is 335 g/mol. The maximum absolute atomic E-state index is 12.0. The minimum Gasteiger partial charge on any atom is -0.449 e. The van der Waals surface area contributed by atoms with E-state index in [1.807, 2.05) is 0 Å². The molecule has 0 bridgehead atoms. The zero-order valence-corrected chi connectivity index (χ0v) is 12.6. The molecule has 8 nitrogen and oxygen atoms in total. The number of nitrogens with zero attached hydrogens (tertiary/aromatic N) is 1. The minimum absolute atomic E-state index is 0.160. The van der Waals surface area contributed by atoms with Gasteiger partial charge in [-0.25, -0.2) is 4.79 Å². The Morgan fingerprint density at radius 2 is 2.00 bits per heavy atom. The van der Waals surface area contributed by atoms with Crippen LogP contribution in [0.15, 0.2) is 18.2 Å². The van der Waals surface area contributed by atoms with E-state index in [4.69, 9.17) is 4.74 Å². The average Bonchev–Trinajstić information content (AvgIpc) is 2.50. The summed E-state index contributed by atoms with van der Waals surface area (Å²) in [6.07, 6.45) is -6.09. The number of amides is 1. The fraction of sp³-hybridized carbons (Fsp3) is 0.385. The quantitative estimate of drug-likeness (QED) is 0.461. The van der Waals surface area contributed by atoms with Crippen LogP contribution >= 0.6 is 0 Å². The molecular formula is C13H14F3N3O5. The number of hydrogen-bond donors (Lipinski definition) is 2. The van der Waals surface area contributed by atoms with Crippen LogP contribution in [0, 0.1) is 10.1 Å². The molecule has 0 aliphatic rings. The summed E-state index contributed by atoms with van der Waals surface area (Å²) in [7, 11) is 1.45. The van der Waals surface area contributed by atoms with Crippen LogP contribution in [0.4, 0.5) is 24.5 Å². The number of carbonyl (C=O) groups excluding carboxylic acids is 2. The number of esters is 1. The van der Waals surface area contributed by atoms with Gasteiger partial charge in [-0.1, -0.05) is 0 Å². The van der Waals surface area contributed by atoms with Gasteiger partial charge >= 0.3 is 12.1 Å². The molecule has 132 valence electrons. The highest BCUT2D eigenvalue weighted by Gasteiger charge is 2.29. The normalized spacial score (nSPS) is 12.2. The average molecular weight is 349 g/mol. The predicted molar refractivity (Wildman–Crippen MR) is 76.6 cm³/mol. The van der Waals surface area contributed by atoms with Crippen molar-refractivity contribution in [3.05, 3.63) is 33.9 Å². The van der Waals surface area contributed by atoms with Crippen LogP contribution in [0.1, 0.15) is 17.3 Å². The number of carbonyl (C=O) groups is 2. The molecule has 24 heavy (non-hydrogen) atoms. The van der Waals surface area contributed by atoms with Gasteiger partial charge in [-0.15, -0.1) is 0 Å². The smallest absolute Gasteiger partial charge is 0.405 e. The van der Waals surface area contributed by atoms with Gasteiger partial charge in [-0.3, -0.25) is 14.9 Å². The number of hydrogen-bond acceptors (Lipinski definition) is 6. The van der Waals surface area contributed by atoms with Gasteiger partial charge in [0.1, 0.15) is 12.2 Å². The van der Waals surface area contributed by atoms with E-state index in [0.29, 0.717) is 0 Å². The number of rotatable bonds is 6. The van der Waals surface area contributed by atoms with Crippen LogP contribution < -0.4 is 10.6 Å². The molecule has 1 rings (SSSR count). The van der Waals surface area contributed by atoms with Gasteiger partial charge in [-0.05, 0) is 19.1 Å². The minimum atomic E-state index is -4.59. The third-order valence-electron chi connectivity index (χ3n) is 2.82. The molecule has 0 aliphatic heterocycles. The van der Waals surface area contributed by atoms with Crippen molar-refractivity contribution in [2.45, 2.75) is 19.2 Å². The Balaban J connectivity index is 2.79. The SMILES string of the molecule is CNc1ccc(C(=O)O[C@@H](C)C(=O)NCC(F)(F)F)cc1[N+](=O)[O-]. The molecule has 11 heteroatoms. The number of halogens is 3. The molecule has 0 heterocycles. The van der Waals surface area contributed by atoms with Crippen molar-refractivity contribution >= 4 is 23.3 Å². The molecule has 1 amide bonds. The van der Waals surface area contributed by atoms with E-state index in [1.165, 1.54) is 19.2 Å². The van der Waals surface area contributed by atoms with E-state index in [0.717, 1.165) is 13.0 Å². The molecule has 0 aliphatic carbocycles. The maximum atomic E-state index is 12.0. The van der Waals surface area contributed by atoms with Crippen LogP contribution in [0.5, 0.6) is 0 Å². The highest BCUT2D eigenvalue weighted by molar-refractivity contribution is 5.93. The third-order valence-corrected chi connectivity index (χ3v) is 2.82. The monoisotopic (exact) mass is 349 g/mol. The van der Waals surface area contributed by atoms with Gasteiger partial charge in [-0.2, -0.15) is 13.2 Å². The van der Waals surface area contributed by atoms with Crippen molar-refractivity contribution in [3.8, 4) is 0 Å². The lowest BCUT2D eigenvalue weighted by Gasteiger charge is -2.14. The molecule has 1 aromatic rings. The summed E-state index contributed by atoms with van der Waals surface area (Å²) in [6.45, 7) is -0.476. The van der Waals surface area contributed by atoms with E-state index in [9.17, 15) is 32.9 Å². The van der Waals surface area contributed by atoms with Crippen LogP contribution in [-0.4, -0.2) is 42.7 Å². The summed E-state index contributed by atoms with van der Waals surface area (Å²) in [5.41, 5.74) is -0.440. The fourth-order valence-corrected chi connectivity index (χ4v) is 1.63. The van der Waals surface area contributed by atoms with Crippen molar-refractivity contribution in [2.75, 3.05) is 18.9 Å². The summed E-state index contributed by atoms with van der Waals surface area (Å²) in [5, 5.41) is 15.0.